The molecule has 6 heteroatoms. The van der Waals surface area contributed by atoms with E-state index in [9.17, 15) is 13.2 Å². The van der Waals surface area contributed by atoms with Crippen molar-refractivity contribution in [1.82, 2.24) is 10.2 Å². The topological polar surface area (TPSA) is 66.5 Å². The highest BCUT2D eigenvalue weighted by Gasteiger charge is 2.52. The molecule has 1 amide bonds. The Kier molecular flexibility index (Phi) is 5.26. The average Bonchev–Trinajstić information content (AvgIpc) is 2.79. The second kappa shape index (κ2) is 6.94. The van der Waals surface area contributed by atoms with Crippen LogP contribution in [0.4, 0.5) is 0 Å². The lowest BCUT2D eigenvalue weighted by atomic mass is 9.73. The van der Waals surface area contributed by atoms with Crippen LogP contribution >= 0.6 is 0 Å². The van der Waals surface area contributed by atoms with Crippen LogP contribution in [0.25, 0.3) is 0 Å². The van der Waals surface area contributed by atoms with Gasteiger partial charge in [-0.25, -0.2) is 8.42 Å². The molecular formula is C18H32N2O3S. The maximum Gasteiger partial charge on any atom is 0.244 e. The number of piperidine rings is 2. The van der Waals surface area contributed by atoms with Gasteiger partial charge < -0.3 is 10.2 Å². The standard InChI is InChI=1S/C18H32N2O3S/c1-24(22,23)18(10-12-19-13-11-18)16(21)20-14-6-9-17(15-20)7-4-2-3-5-8-17/h19H,2-15H2,1H3. The zero-order chi connectivity index (χ0) is 17.3. The minimum Gasteiger partial charge on any atom is -0.341 e. The average molecular weight is 357 g/mol. The van der Waals surface area contributed by atoms with Gasteiger partial charge in [0.1, 0.15) is 0 Å². The third-order valence-electron chi connectivity index (χ3n) is 6.62. The van der Waals surface area contributed by atoms with E-state index >= 15 is 0 Å². The largest absolute Gasteiger partial charge is 0.341 e. The van der Waals surface area contributed by atoms with Gasteiger partial charge in [-0.1, -0.05) is 25.7 Å². The lowest BCUT2D eigenvalue weighted by molar-refractivity contribution is -0.138. The van der Waals surface area contributed by atoms with Gasteiger partial charge in [-0.15, -0.1) is 0 Å². The van der Waals surface area contributed by atoms with Crippen molar-refractivity contribution in [2.45, 2.75) is 69.0 Å². The molecule has 0 atom stereocenters. The Labute approximate surface area is 146 Å². The number of hydrogen-bond acceptors (Lipinski definition) is 4. The van der Waals surface area contributed by atoms with E-state index in [1.807, 2.05) is 4.90 Å². The number of carbonyl (C=O) groups is 1. The van der Waals surface area contributed by atoms with Crippen LogP contribution < -0.4 is 5.32 Å². The van der Waals surface area contributed by atoms with E-state index in [1.165, 1.54) is 51.2 Å². The molecule has 138 valence electrons. The Morgan fingerprint density at radius 3 is 2.08 bits per heavy atom. The number of hydrogen-bond donors (Lipinski definition) is 1. The molecule has 5 nitrogen and oxygen atoms in total. The molecule has 0 unspecified atom stereocenters. The number of nitrogens with zero attached hydrogens (tertiary/aromatic N) is 1. The Bertz CT molecular complexity index is 559. The molecule has 2 aliphatic heterocycles. The van der Waals surface area contributed by atoms with E-state index in [1.54, 1.807) is 0 Å². The number of sulfone groups is 1. The second-order valence-electron chi connectivity index (χ2n) is 8.26. The molecule has 0 aromatic heterocycles. The van der Waals surface area contributed by atoms with E-state index in [2.05, 4.69) is 5.32 Å². The maximum absolute atomic E-state index is 13.4. The molecule has 1 saturated carbocycles. The van der Waals surface area contributed by atoms with Crippen LogP contribution in [0.15, 0.2) is 0 Å². The Morgan fingerprint density at radius 2 is 1.50 bits per heavy atom. The van der Waals surface area contributed by atoms with E-state index in [0.29, 0.717) is 25.9 Å². The van der Waals surface area contributed by atoms with Crippen molar-refractivity contribution in [3.63, 3.8) is 0 Å². The summed E-state index contributed by atoms with van der Waals surface area (Å²) >= 11 is 0. The van der Waals surface area contributed by atoms with Crippen LogP contribution in [-0.4, -0.2) is 56.4 Å². The summed E-state index contributed by atoms with van der Waals surface area (Å²) in [6.07, 6.45) is 11.8. The lowest BCUT2D eigenvalue weighted by Gasteiger charge is -2.46. The van der Waals surface area contributed by atoms with Gasteiger partial charge in [0.25, 0.3) is 0 Å². The van der Waals surface area contributed by atoms with Gasteiger partial charge in [0, 0.05) is 19.3 Å². The van der Waals surface area contributed by atoms with Crippen LogP contribution in [0.1, 0.15) is 64.2 Å². The first-order valence-corrected chi connectivity index (χ1v) is 11.5. The van der Waals surface area contributed by atoms with Crippen LogP contribution in [0.5, 0.6) is 0 Å². The highest BCUT2D eigenvalue weighted by atomic mass is 32.2. The second-order valence-corrected chi connectivity index (χ2v) is 10.6. The molecule has 2 saturated heterocycles. The number of rotatable bonds is 2. The summed E-state index contributed by atoms with van der Waals surface area (Å²) in [7, 11) is -3.42. The Hall–Kier alpha value is -0.620. The van der Waals surface area contributed by atoms with Crippen molar-refractivity contribution in [2.75, 3.05) is 32.4 Å². The quantitative estimate of drug-likeness (QED) is 0.823. The summed E-state index contributed by atoms with van der Waals surface area (Å²) in [5.41, 5.74) is 0.246. The number of amides is 1. The fourth-order valence-corrected chi connectivity index (χ4v) is 6.52. The highest BCUT2D eigenvalue weighted by Crippen LogP contribution is 2.43. The van der Waals surface area contributed by atoms with Crippen LogP contribution in [0.3, 0.4) is 0 Å². The first-order valence-electron chi connectivity index (χ1n) is 9.58. The van der Waals surface area contributed by atoms with E-state index in [-0.39, 0.29) is 11.3 Å². The Morgan fingerprint density at radius 1 is 0.917 bits per heavy atom. The van der Waals surface area contributed by atoms with Crippen LogP contribution in [-0.2, 0) is 14.6 Å². The molecule has 3 aliphatic rings. The third kappa shape index (κ3) is 3.36. The number of likely N-dealkylation sites (tertiary alicyclic amines) is 1. The van der Waals surface area contributed by atoms with Gasteiger partial charge in [0.15, 0.2) is 14.6 Å². The molecule has 0 radical (unpaired) electrons. The van der Waals surface area contributed by atoms with E-state index in [4.69, 9.17) is 0 Å². The fourth-order valence-electron chi connectivity index (χ4n) is 5.13. The van der Waals surface area contributed by atoms with Crippen molar-refractivity contribution in [3.05, 3.63) is 0 Å². The third-order valence-corrected chi connectivity index (χ3v) is 8.63. The van der Waals surface area contributed by atoms with Crippen molar-refractivity contribution in [2.24, 2.45) is 5.41 Å². The van der Waals surface area contributed by atoms with Gasteiger partial charge in [-0.3, -0.25) is 4.79 Å². The number of carbonyl (C=O) groups excluding carboxylic acids is 1. The predicted molar refractivity (Wildman–Crippen MR) is 95.6 cm³/mol. The summed E-state index contributed by atoms with van der Waals surface area (Å²) in [4.78, 5) is 15.3. The summed E-state index contributed by atoms with van der Waals surface area (Å²) in [6.45, 7) is 2.72. The fraction of sp³-hybridized carbons (Fsp3) is 0.944. The summed E-state index contributed by atoms with van der Waals surface area (Å²) < 4.78 is 23.9. The molecule has 0 bridgehead atoms. The van der Waals surface area contributed by atoms with Gasteiger partial charge in [-0.05, 0) is 57.0 Å². The summed E-state index contributed by atoms with van der Waals surface area (Å²) in [5, 5.41) is 3.20. The zero-order valence-electron chi connectivity index (χ0n) is 15.0. The first kappa shape index (κ1) is 18.2. The smallest absolute Gasteiger partial charge is 0.244 e. The molecular weight excluding hydrogens is 324 g/mol. The minimum absolute atomic E-state index is 0.116. The van der Waals surface area contributed by atoms with Crippen molar-refractivity contribution < 1.29 is 13.2 Å². The molecule has 0 aromatic rings. The van der Waals surface area contributed by atoms with Crippen molar-refractivity contribution >= 4 is 15.7 Å². The van der Waals surface area contributed by atoms with Crippen LogP contribution in [0.2, 0.25) is 0 Å². The molecule has 3 rings (SSSR count). The monoisotopic (exact) mass is 356 g/mol. The molecule has 1 N–H and O–H groups in total. The molecule has 2 heterocycles. The Balaban J connectivity index is 1.82. The molecule has 24 heavy (non-hydrogen) atoms. The van der Waals surface area contributed by atoms with Gasteiger partial charge in [-0.2, -0.15) is 0 Å². The highest BCUT2D eigenvalue weighted by molar-refractivity contribution is 7.92. The van der Waals surface area contributed by atoms with Gasteiger partial charge >= 0.3 is 0 Å². The van der Waals surface area contributed by atoms with Gasteiger partial charge in [0.05, 0.1) is 0 Å². The van der Waals surface area contributed by atoms with E-state index < -0.39 is 14.6 Å². The molecule has 1 spiro atoms. The normalized spacial score (nSPS) is 27.6. The SMILES string of the molecule is CS(=O)(=O)C1(C(=O)N2CCCC3(CCCCCC3)C2)CCNCC1. The van der Waals surface area contributed by atoms with Crippen molar-refractivity contribution in [1.29, 1.82) is 0 Å². The van der Waals surface area contributed by atoms with Crippen LogP contribution in [0, 0.1) is 5.41 Å². The maximum atomic E-state index is 13.4. The van der Waals surface area contributed by atoms with E-state index in [0.717, 1.165) is 19.5 Å². The van der Waals surface area contributed by atoms with Crippen molar-refractivity contribution in [3.8, 4) is 0 Å². The number of nitrogens with one attached hydrogen (secondary N) is 1. The first-order chi connectivity index (χ1) is 11.4. The molecule has 3 fully saturated rings. The molecule has 0 aromatic carbocycles. The lowest BCUT2D eigenvalue weighted by Crippen LogP contribution is -2.60. The van der Waals surface area contributed by atoms with Gasteiger partial charge in [0.2, 0.25) is 5.91 Å². The summed E-state index contributed by atoms with van der Waals surface area (Å²) in [5.74, 6) is -0.116. The zero-order valence-corrected chi connectivity index (χ0v) is 15.8. The molecule has 1 aliphatic carbocycles. The minimum atomic E-state index is -3.42. The summed E-state index contributed by atoms with van der Waals surface area (Å²) in [6, 6.07) is 0. The predicted octanol–water partition coefficient (Wildman–Crippen LogP) is 2.12.